The zero-order valence-electron chi connectivity index (χ0n) is 20.4. The lowest BCUT2D eigenvalue weighted by molar-refractivity contribution is -0.152. The average molecular weight is 557 g/mol. The number of nitriles is 1. The molecule has 0 N–H and O–H groups in total. The number of fused-ring (bicyclic) bond motifs is 3. The molecule has 6 nitrogen and oxygen atoms in total. The van der Waals surface area contributed by atoms with Crippen molar-refractivity contribution in [3.8, 4) is 11.8 Å². The van der Waals surface area contributed by atoms with E-state index in [1.165, 1.54) is 0 Å². The summed E-state index contributed by atoms with van der Waals surface area (Å²) < 4.78 is 11.5. The summed E-state index contributed by atoms with van der Waals surface area (Å²) >= 11 is 3.49. The molecule has 0 aliphatic carbocycles. The number of esters is 1. The number of benzene rings is 3. The van der Waals surface area contributed by atoms with Gasteiger partial charge < -0.3 is 14.4 Å². The fraction of sp³-hybridized carbons (Fsp3) is 0.233. The number of para-hydroxylation sites is 1. The van der Waals surface area contributed by atoms with Crippen molar-refractivity contribution >= 4 is 39.4 Å². The van der Waals surface area contributed by atoms with Crippen molar-refractivity contribution in [3.05, 3.63) is 100 Å². The highest BCUT2D eigenvalue weighted by Gasteiger charge is 2.67. The van der Waals surface area contributed by atoms with E-state index in [9.17, 15) is 14.9 Å². The molecule has 0 radical (unpaired) electrons. The number of Topliss-reactive ketones (excluding diaryl/α,β-unsaturated/α-hetero) is 1. The molecule has 0 unspecified atom stereocenters. The predicted molar refractivity (Wildman–Crippen MR) is 144 cm³/mol. The Balaban J connectivity index is 1.79. The van der Waals surface area contributed by atoms with Crippen LogP contribution in [0.1, 0.15) is 34.3 Å². The van der Waals surface area contributed by atoms with Crippen molar-refractivity contribution in [1.82, 2.24) is 0 Å². The number of ether oxygens (including phenoxy) is 2. The van der Waals surface area contributed by atoms with E-state index in [1.54, 1.807) is 32.2 Å². The SMILES string of the molecule is CCOC(=O)[C@]1(C#N)[C@@H]2C=Cc3ccccc3N2[C@@H](C(=O)c2ccc(OC)c(Br)c2)[C@@H]1c1ccccc1. The van der Waals surface area contributed by atoms with Gasteiger partial charge in [-0.15, -0.1) is 0 Å². The molecule has 7 heteroatoms. The number of rotatable bonds is 6. The Morgan fingerprint density at radius 3 is 2.49 bits per heavy atom. The molecule has 0 saturated carbocycles. The number of halogens is 1. The summed E-state index contributed by atoms with van der Waals surface area (Å²) in [5, 5.41) is 10.8. The van der Waals surface area contributed by atoms with Crippen molar-refractivity contribution in [2.24, 2.45) is 5.41 Å². The maximum atomic E-state index is 14.4. The van der Waals surface area contributed by atoms with Crippen LogP contribution in [0.25, 0.3) is 6.08 Å². The number of carbonyl (C=O) groups excluding carboxylic acids is 2. The second-order valence-electron chi connectivity index (χ2n) is 9.02. The highest BCUT2D eigenvalue weighted by atomic mass is 79.9. The van der Waals surface area contributed by atoms with Gasteiger partial charge in [0.2, 0.25) is 0 Å². The largest absolute Gasteiger partial charge is 0.496 e. The van der Waals surface area contributed by atoms with Crippen molar-refractivity contribution in [3.63, 3.8) is 0 Å². The molecular weight excluding hydrogens is 532 g/mol. The first-order valence-corrected chi connectivity index (χ1v) is 12.8. The molecule has 2 heterocycles. The maximum absolute atomic E-state index is 14.4. The first kappa shape index (κ1) is 24.8. The average Bonchev–Trinajstić information content (AvgIpc) is 3.25. The fourth-order valence-electron chi connectivity index (χ4n) is 5.64. The van der Waals surface area contributed by atoms with Gasteiger partial charge in [-0.2, -0.15) is 5.26 Å². The van der Waals surface area contributed by atoms with Crippen molar-refractivity contribution < 1.29 is 19.1 Å². The van der Waals surface area contributed by atoms with Crippen LogP contribution in [-0.4, -0.2) is 37.6 Å². The number of hydrogen-bond donors (Lipinski definition) is 0. The van der Waals surface area contributed by atoms with Crippen LogP contribution in [0.3, 0.4) is 0 Å². The molecule has 3 aromatic carbocycles. The van der Waals surface area contributed by atoms with E-state index in [2.05, 4.69) is 22.0 Å². The summed E-state index contributed by atoms with van der Waals surface area (Å²) in [6, 6.07) is 23.0. The lowest BCUT2D eigenvalue weighted by Gasteiger charge is -2.36. The van der Waals surface area contributed by atoms with Gasteiger partial charge in [0.1, 0.15) is 11.8 Å². The number of ketones is 1. The molecular formula is C30H25BrN2O4. The third kappa shape index (κ3) is 3.84. The molecule has 37 heavy (non-hydrogen) atoms. The second-order valence-corrected chi connectivity index (χ2v) is 9.87. The van der Waals surface area contributed by atoms with Crippen molar-refractivity contribution in [2.45, 2.75) is 24.9 Å². The Kier molecular flexibility index (Phi) is 6.61. The Morgan fingerprint density at radius 2 is 1.81 bits per heavy atom. The van der Waals surface area contributed by atoms with Crippen LogP contribution < -0.4 is 9.64 Å². The van der Waals surface area contributed by atoms with Crippen LogP contribution in [0.5, 0.6) is 5.75 Å². The highest BCUT2D eigenvalue weighted by molar-refractivity contribution is 9.10. The Bertz CT molecular complexity index is 1430. The van der Waals surface area contributed by atoms with Crippen molar-refractivity contribution in [1.29, 1.82) is 5.26 Å². The van der Waals surface area contributed by atoms with E-state index in [4.69, 9.17) is 9.47 Å². The van der Waals surface area contributed by atoms with Crippen LogP contribution in [0, 0.1) is 16.7 Å². The monoisotopic (exact) mass is 556 g/mol. The summed E-state index contributed by atoms with van der Waals surface area (Å²) in [5.74, 6) is -1.01. The first-order chi connectivity index (χ1) is 18.0. The fourth-order valence-corrected chi connectivity index (χ4v) is 6.18. The van der Waals surface area contributed by atoms with Gasteiger partial charge in [-0.1, -0.05) is 60.7 Å². The predicted octanol–water partition coefficient (Wildman–Crippen LogP) is 5.78. The smallest absolute Gasteiger partial charge is 0.329 e. The Morgan fingerprint density at radius 1 is 1.08 bits per heavy atom. The molecule has 4 atom stereocenters. The third-order valence-corrected chi connectivity index (χ3v) is 7.83. The van der Waals surface area contributed by atoms with Gasteiger partial charge in [-0.3, -0.25) is 9.59 Å². The van der Waals surface area contributed by atoms with E-state index >= 15 is 0 Å². The molecule has 0 aromatic heterocycles. The van der Waals surface area contributed by atoms with Crippen LogP contribution in [0.4, 0.5) is 5.69 Å². The molecule has 1 saturated heterocycles. The molecule has 3 aromatic rings. The maximum Gasteiger partial charge on any atom is 0.329 e. The summed E-state index contributed by atoms with van der Waals surface area (Å²) in [7, 11) is 1.56. The van der Waals surface area contributed by atoms with Crippen LogP contribution in [-0.2, 0) is 9.53 Å². The molecule has 5 rings (SSSR count). The van der Waals surface area contributed by atoms with Crippen molar-refractivity contribution in [2.75, 3.05) is 18.6 Å². The first-order valence-electron chi connectivity index (χ1n) is 12.0. The van der Waals surface area contributed by atoms with E-state index in [1.807, 2.05) is 71.6 Å². The van der Waals surface area contributed by atoms with Crippen LogP contribution >= 0.6 is 15.9 Å². The number of hydrogen-bond acceptors (Lipinski definition) is 6. The third-order valence-electron chi connectivity index (χ3n) is 7.21. The van der Waals surface area contributed by atoms with Gasteiger partial charge in [-0.25, -0.2) is 0 Å². The van der Waals surface area contributed by atoms with Gasteiger partial charge in [0.25, 0.3) is 0 Å². The minimum absolute atomic E-state index is 0.126. The summed E-state index contributed by atoms with van der Waals surface area (Å²) in [4.78, 5) is 30.1. The van der Waals surface area contributed by atoms with Gasteiger partial charge >= 0.3 is 5.97 Å². The summed E-state index contributed by atoms with van der Waals surface area (Å²) in [6.07, 6.45) is 3.77. The number of anilines is 1. The van der Waals surface area contributed by atoms with Crippen LogP contribution in [0.2, 0.25) is 0 Å². The molecule has 186 valence electrons. The summed E-state index contributed by atoms with van der Waals surface area (Å²) in [5.41, 5.74) is 1.23. The minimum Gasteiger partial charge on any atom is -0.496 e. The minimum atomic E-state index is -1.65. The summed E-state index contributed by atoms with van der Waals surface area (Å²) in [6.45, 7) is 1.84. The Hall–Kier alpha value is -3.89. The number of methoxy groups -OCH3 is 1. The molecule has 1 fully saturated rings. The lowest BCUT2D eigenvalue weighted by atomic mass is 9.68. The Labute approximate surface area is 224 Å². The number of carbonyl (C=O) groups is 2. The quantitative estimate of drug-likeness (QED) is 0.283. The van der Waals surface area contributed by atoms with Gasteiger partial charge in [-0.05, 0) is 58.2 Å². The van der Waals surface area contributed by atoms with Gasteiger partial charge in [0.05, 0.1) is 30.3 Å². The van der Waals surface area contributed by atoms with E-state index in [0.29, 0.717) is 15.8 Å². The number of nitrogens with zero attached hydrogens (tertiary/aromatic N) is 2. The van der Waals surface area contributed by atoms with Gasteiger partial charge in [0.15, 0.2) is 11.2 Å². The molecule has 0 amide bonds. The zero-order chi connectivity index (χ0) is 26.2. The zero-order valence-corrected chi connectivity index (χ0v) is 22.0. The molecule has 0 spiro atoms. The van der Waals surface area contributed by atoms with E-state index in [0.717, 1.165) is 16.8 Å². The molecule has 2 aliphatic rings. The normalized spacial score (nSPS) is 23.5. The van der Waals surface area contributed by atoms with Crippen LogP contribution in [0.15, 0.2) is 83.3 Å². The van der Waals surface area contributed by atoms with Gasteiger partial charge in [0, 0.05) is 17.2 Å². The van der Waals surface area contributed by atoms with E-state index in [-0.39, 0.29) is 12.4 Å². The second kappa shape index (κ2) is 9.87. The molecule has 0 bridgehead atoms. The standard InChI is InChI=1S/C30H25BrN2O4/c1-3-37-29(35)30(18-32)25-16-14-19-9-7-8-12-23(19)33(25)27(26(30)20-10-5-4-6-11-20)28(34)21-13-15-24(36-2)22(31)17-21/h4-17,25-27H,3H2,1-2H3/t25-,26-,27+,30+/m0/s1. The lowest BCUT2D eigenvalue weighted by Crippen LogP contribution is -2.47. The molecule has 2 aliphatic heterocycles. The highest BCUT2D eigenvalue weighted by Crippen LogP contribution is 2.56. The topological polar surface area (TPSA) is 79.6 Å². The van der Waals surface area contributed by atoms with E-state index < -0.39 is 29.4 Å².